The summed E-state index contributed by atoms with van der Waals surface area (Å²) in [5, 5.41) is 12.8. The van der Waals surface area contributed by atoms with Crippen LogP contribution in [0.15, 0.2) is 55.3 Å². The third-order valence-corrected chi connectivity index (χ3v) is 14.1. The molecule has 2 aromatic rings. The van der Waals surface area contributed by atoms with E-state index >= 15 is 0 Å². The number of carbonyl (C=O) groups excluding carboxylic acids is 2. The second-order valence-corrected chi connectivity index (χ2v) is 17.0. The number of hydrogen-bond donors (Lipinski definition) is 2. The average Bonchev–Trinajstić information content (AvgIpc) is 3.42. The second-order valence-electron chi connectivity index (χ2n) is 11.6. The lowest BCUT2D eigenvalue weighted by atomic mass is 10.0. The lowest BCUT2D eigenvalue weighted by molar-refractivity contribution is 0.0729. The minimum absolute atomic E-state index is 0.0320. The number of ether oxygens (including phenoxy) is 3. The summed E-state index contributed by atoms with van der Waals surface area (Å²) in [6.45, 7) is 16.6. The first-order valence-corrected chi connectivity index (χ1v) is 16.8. The first kappa shape index (κ1) is 33.7. The number of amides is 2. The van der Waals surface area contributed by atoms with Crippen molar-refractivity contribution >= 4 is 25.9 Å². The van der Waals surface area contributed by atoms with Crippen molar-refractivity contribution in [1.82, 2.24) is 10.2 Å². The largest absolute Gasteiger partial charge is 0.540 e. The summed E-state index contributed by atoms with van der Waals surface area (Å²) in [5.41, 5.74) is 2.72. The average molecular weight is 611 g/mol. The van der Waals surface area contributed by atoms with Crippen LogP contribution in [0.2, 0.25) is 16.6 Å². The summed E-state index contributed by atoms with van der Waals surface area (Å²) in [4.78, 5) is 28.3. The molecule has 0 aromatic heterocycles. The summed E-state index contributed by atoms with van der Waals surface area (Å²) in [5.74, 6) is 1.09. The van der Waals surface area contributed by atoms with E-state index in [9.17, 15) is 14.7 Å². The molecule has 0 radical (unpaired) electrons. The number of methoxy groups -OCH3 is 2. The molecule has 234 valence electrons. The first-order valence-electron chi connectivity index (χ1n) is 14.7. The highest BCUT2D eigenvalue weighted by Crippen LogP contribution is 2.46. The van der Waals surface area contributed by atoms with E-state index in [-0.39, 0.29) is 41.1 Å². The first-order chi connectivity index (χ1) is 20.4. The van der Waals surface area contributed by atoms with Gasteiger partial charge < -0.3 is 34.0 Å². The molecule has 0 fully saturated rings. The number of nitrogens with zero attached hydrogens (tertiary/aromatic N) is 1. The highest BCUT2D eigenvalue weighted by atomic mass is 28.4. The van der Waals surface area contributed by atoms with Crippen LogP contribution in [-0.2, 0) is 0 Å². The molecule has 9 nitrogen and oxygen atoms in total. The van der Waals surface area contributed by atoms with Gasteiger partial charge in [0.05, 0.1) is 32.4 Å². The SMILES string of the molecule is C=CCNC(=O)Oc1cc(O[Si](C(C)C)(C(C)C)C(C)C)c(OC)cc1C(=O)N1C=C(c2ccc(OC)cc2)C[C@H]1CO. The van der Waals surface area contributed by atoms with Gasteiger partial charge in [-0.15, -0.1) is 6.58 Å². The standard InChI is InChI=1S/C33H46N2O7Si/c1-10-15-34-33(38)41-29-18-31(42-43(21(2)3,22(4)5)23(6)7)30(40-9)17-28(29)32(37)35-19-25(16-26(35)20-36)24-11-13-27(39-8)14-12-24/h10-14,17-19,21-23,26,36H,1,15-16,20H2,2-9H3,(H,34,38)/t26-/m0/s1. The van der Waals surface area contributed by atoms with Gasteiger partial charge in [0.25, 0.3) is 14.2 Å². The van der Waals surface area contributed by atoms with Gasteiger partial charge in [0, 0.05) is 24.9 Å². The lowest BCUT2D eigenvalue weighted by Gasteiger charge is -2.42. The molecular formula is C33H46N2O7Si. The smallest absolute Gasteiger partial charge is 0.412 e. The Labute approximate surface area is 256 Å². The molecule has 3 rings (SSSR count). The Morgan fingerprint density at radius 1 is 1.00 bits per heavy atom. The molecule has 10 heteroatoms. The molecule has 0 bridgehead atoms. The van der Waals surface area contributed by atoms with Crippen molar-refractivity contribution < 1.29 is 33.3 Å². The van der Waals surface area contributed by atoms with Crippen LogP contribution in [0.1, 0.15) is 63.9 Å². The van der Waals surface area contributed by atoms with E-state index in [0.717, 1.165) is 16.9 Å². The van der Waals surface area contributed by atoms with Crippen molar-refractivity contribution in [3.8, 4) is 23.0 Å². The maximum absolute atomic E-state index is 14.1. The van der Waals surface area contributed by atoms with Crippen LogP contribution >= 0.6 is 0 Å². The number of nitrogens with one attached hydrogen (secondary N) is 1. The molecule has 2 amide bonds. The number of rotatable bonds is 13. The van der Waals surface area contributed by atoms with E-state index in [4.69, 9.17) is 18.6 Å². The third kappa shape index (κ3) is 7.25. The molecule has 0 aliphatic carbocycles. The van der Waals surface area contributed by atoms with Gasteiger partial charge in [-0.2, -0.15) is 0 Å². The highest BCUT2D eigenvalue weighted by molar-refractivity contribution is 6.78. The van der Waals surface area contributed by atoms with Gasteiger partial charge >= 0.3 is 6.09 Å². The normalized spacial score (nSPS) is 15.0. The fraction of sp³-hybridized carbons (Fsp3) is 0.455. The molecule has 1 heterocycles. The second kappa shape index (κ2) is 14.6. The van der Waals surface area contributed by atoms with E-state index in [1.807, 2.05) is 24.3 Å². The zero-order valence-corrected chi connectivity index (χ0v) is 27.6. The van der Waals surface area contributed by atoms with Crippen LogP contribution in [-0.4, -0.2) is 63.7 Å². The van der Waals surface area contributed by atoms with Crippen LogP contribution in [0, 0.1) is 0 Å². The van der Waals surface area contributed by atoms with Crippen molar-refractivity contribution in [2.24, 2.45) is 0 Å². The van der Waals surface area contributed by atoms with Crippen molar-refractivity contribution in [1.29, 1.82) is 0 Å². The molecule has 0 saturated carbocycles. The monoisotopic (exact) mass is 610 g/mol. The number of aliphatic hydroxyl groups is 1. The number of benzene rings is 2. The van der Waals surface area contributed by atoms with Crippen molar-refractivity contribution in [2.45, 2.75) is 70.6 Å². The molecule has 1 aliphatic rings. The molecule has 2 N–H and O–H groups in total. The van der Waals surface area contributed by atoms with Crippen molar-refractivity contribution in [3.05, 3.63) is 66.4 Å². The van der Waals surface area contributed by atoms with E-state index in [0.29, 0.717) is 17.9 Å². The topological polar surface area (TPSA) is 107 Å². The maximum Gasteiger partial charge on any atom is 0.412 e. The fourth-order valence-corrected chi connectivity index (χ4v) is 11.3. The minimum Gasteiger partial charge on any atom is -0.540 e. The predicted molar refractivity (Wildman–Crippen MR) is 172 cm³/mol. The van der Waals surface area contributed by atoms with Crippen molar-refractivity contribution in [2.75, 3.05) is 27.4 Å². The van der Waals surface area contributed by atoms with Crippen molar-refractivity contribution in [3.63, 3.8) is 0 Å². The molecular weight excluding hydrogens is 564 g/mol. The van der Waals surface area contributed by atoms with Crippen LogP contribution in [0.3, 0.4) is 0 Å². The van der Waals surface area contributed by atoms with Gasteiger partial charge in [0.2, 0.25) is 0 Å². The summed E-state index contributed by atoms with van der Waals surface area (Å²) in [6, 6.07) is 10.1. The van der Waals surface area contributed by atoms with E-state index in [1.165, 1.54) is 18.1 Å². The third-order valence-electron chi connectivity index (χ3n) is 8.13. The predicted octanol–water partition coefficient (Wildman–Crippen LogP) is 6.78. The minimum atomic E-state index is -2.44. The highest BCUT2D eigenvalue weighted by Gasteiger charge is 2.47. The van der Waals surface area contributed by atoms with E-state index in [1.54, 1.807) is 25.4 Å². The molecule has 1 aliphatic heterocycles. The molecule has 43 heavy (non-hydrogen) atoms. The van der Waals surface area contributed by atoms with Crippen LogP contribution in [0.4, 0.5) is 4.79 Å². The summed E-state index contributed by atoms with van der Waals surface area (Å²) >= 11 is 0. The van der Waals surface area contributed by atoms with Gasteiger partial charge in [-0.1, -0.05) is 59.8 Å². The Bertz CT molecular complexity index is 1300. The Kier molecular flexibility index (Phi) is 11.5. The maximum atomic E-state index is 14.1. The Morgan fingerprint density at radius 3 is 2.14 bits per heavy atom. The van der Waals surface area contributed by atoms with E-state index in [2.05, 4.69) is 53.4 Å². The molecule has 2 aromatic carbocycles. The summed E-state index contributed by atoms with van der Waals surface area (Å²) in [7, 11) is 0.684. The number of carbonyl (C=O) groups is 2. The fourth-order valence-electron chi connectivity index (χ4n) is 6.06. The van der Waals surface area contributed by atoms with Gasteiger partial charge in [0.15, 0.2) is 5.75 Å². The molecule has 1 atom stereocenters. The zero-order chi connectivity index (χ0) is 31.9. The van der Waals surface area contributed by atoms with Gasteiger partial charge in [-0.3, -0.25) is 4.79 Å². The lowest BCUT2D eigenvalue weighted by Crippen LogP contribution is -2.50. The quantitative estimate of drug-likeness (QED) is 0.190. The number of hydrogen-bond acceptors (Lipinski definition) is 7. The Morgan fingerprint density at radius 2 is 1.63 bits per heavy atom. The summed E-state index contributed by atoms with van der Waals surface area (Å²) < 4.78 is 23.6. The van der Waals surface area contributed by atoms with Crippen LogP contribution in [0.25, 0.3) is 5.57 Å². The van der Waals surface area contributed by atoms with Gasteiger partial charge in [0.1, 0.15) is 17.2 Å². The van der Waals surface area contributed by atoms with Gasteiger partial charge in [-0.25, -0.2) is 4.79 Å². The Balaban J connectivity index is 2.12. The van der Waals surface area contributed by atoms with E-state index < -0.39 is 26.4 Å². The Hall–Kier alpha value is -3.76. The zero-order valence-electron chi connectivity index (χ0n) is 26.6. The molecule has 0 spiro atoms. The molecule has 0 saturated heterocycles. The van der Waals surface area contributed by atoms with Crippen LogP contribution in [0.5, 0.6) is 23.0 Å². The molecule has 0 unspecified atom stereocenters. The van der Waals surface area contributed by atoms with Crippen LogP contribution < -0.4 is 24.0 Å². The van der Waals surface area contributed by atoms with Gasteiger partial charge in [-0.05, 0) is 46.3 Å². The number of aliphatic hydroxyl groups excluding tert-OH is 1. The summed E-state index contributed by atoms with van der Waals surface area (Å²) in [6.07, 6.45) is 2.98.